The van der Waals surface area contributed by atoms with Gasteiger partial charge in [-0.3, -0.25) is 4.79 Å². The summed E-state index contributed by atoms with van der Waals surface area (Å²) in [6.45, 7) is 2.02. The summed E-state index contributed by atoms with van der Waals surface area (Å²) in [5.74, 6) is 1.19. The molecule has 1 atom stereocenters. The number of rotatable bonds is 6. The third kappa shape index (κ3) is 4.96. The second kappa shape index (κ2) is 6.84. The van der Waals surface area contributed by atoms with Gasteiger partial charge in [-0.05, 0) is 25.0 Å². The van der Waals surface area contributed by atoms with Crippen LogP contribution in [0.5, 0.6) is 0 Å². The highest BCUT2D eigenvalue weighted by atomic mass is 32.2. The number of unbranched alkanes of at least 4 members (excludes halogenated alkanes) is 1. The molecular weight excluding hydrogens is 292 g/mol. The van der Waals surface area contributed by atoms with Crippen LogP contribution in [0.25, 0.3) is 0 Å². The van der Waals surface area contributed by atoms with Gasteiger partial charge in [-0.2, -0.15) is 0 Å². The molecule has 0 saturated carbocycles. The van der Waals surface area contributed by atoms with E-state index in [1.807, 2.05) is 6.92 Å². The lowest BCUT2D eigenvalue weighted by Gasteiger charge is -2.11. The van der Waals surface area contributed by atoms with Gasteiger partial charge in [-0.25, -0.2) is 8.42 Å². The molecule has 2 N–H and O–H groups in total. The van der Waals surface area contributed by atoms with Crippen molar-refractivity contribution in [2.45, 2.75) is 38.6 Å². The van der Waals surface area contributed by atoms with Crippen molar-refractivity contribution in [2.75, 3.05) is 22.1 Å². The summed E-state index contributed by atoms with van der Waals surface area (Å²) < 4.78 is 22.7. The number of aromatic nitrogens is 2. The molecule has 1 aliphatic rings. The SMILES string of the molecule is CCCCC(=O)Nc1ccc(NC2CCS(=O)(=O)C2)nn1. The van der Waals surface area contributed by atoms with Gasteiger partial charge in [0.2, 0.25) is 5.91 Å². The molecule has 21 heavy (non-hydrogen) atoms. The summed E-state index contributed by atoms with van der Waals surface area (Å²) in [6.07, 6.45) is 2.86. The Labute approximate surface area is 124 Å². The zero-order chi connectivity index (χ0) is 15.3. The van der Waals surface area contributed by atoms with Crippen molar-refractivity contribution >= 4 is 27.4 Å². The predicted octanol–water partition coefficient (Wildman–Crippen LogP) is 1.20. The van der Waals surface area contributed by atoms with Gasteiger partial charge in [0.05, 0.1) is 11.5 Å². The van der Waals surface area contributed by atoms with Crippen molar-refractivity contribution in [1.82, 2.24) is 10.2 Å². The number of hydrogen-bond acceptors (Lipinski definition) is 6. The maximum atomic E-state index is 11.5. The van der Waals surface area contributed by atoms with Crippen LogP contribution in [0.4, 0.5) is 11.6 Å². The fourth-order valence-corrected chi connectivity index (χ4v) is 3.81. The van der Waals surface area contributed by atoms with Gasteiger partial charge >= 0.3 is 0 Å². The first-order valence-electron chi connectivity index (χ1n) is 7.09. The molecule has 1 fully saturated rings. The number of nitrogens with zero attached hydrogens (tertiary/aromatic N) is 2. The van der Waals surface area contributed by atoms with Gasteiger partial charge in [0, 0.05) is 12.5 Å². The maximum Gasteiger partial charge on any atom is 0.225 e. The van der Waals surface area contributed by atoms with Crippen LogP contribution < -0.4 is 10.6 Å². The maximum absolute atomic E-state index is 11.5. The van der Waals surface area contributed by atoms with E-state index in [2.05, 4.69) is 20.8 Å². The number of carbonyl (C=O) groups excluding carboxylic acids is 1. The zero-order valence-electron chi connectivity index (χ0n) is 12.0. The van der Waals surface area contributed by atoms with E-state index in [9.17, 15) is 13.2 Å². The van der Waals surface area contributed by atoms with E-state index in [-0.39, 0.29) is 23.5 Å². The van der Waals surface area contributed by atoms with E-state index in [1.165, 1.54) is 0 Å². The molecule has 1 saturated heterocycles. The van der Waals surface area contributed by atoms with Gasteiger partial charge < -0.3 is 10.6 Å². The van der Waals surface area contributed by atoms with Gasteiger partial charge in [-0.15, -0.1) is 10.2 Å². The van der Waals surface area contributed by atoms with Crippen molar-refractivity contribution < 1.29 is 13.2 Å². The minimum atomic E-state index is -2.92. The van der Waals surface area contributed by atoms with Crippen molar-refractivity contribution in [3.8, 4) is 0 Å². The monoisotopic (exact) mass is 312 g/mol. The highest BCUT2D eigenvalue weighted by Crippen LogP contribution is 2.16. The first-order chi connectivity index (χ1) is 9.98. The summed E-state index contributed by atoms with van der Waals surface area (Å²) in [6, 6.07) is 3.23. The van der Waals surface area contributed by atoms with Crippen molar-refractivity contribution in [1.29, 1.82) is 0 Å². The zero-order valence-corrected chi connectivity index (χ0v) is 12.8. The van der Waals surface area contributed by atoms with E-state index in [1.54, 1.807) is 12.1 Å². The molecule has 8 heteroatoms. The number of anilines is 2. The molecule has 0 aromatic carbocycles. The van der Waals surface area contributed by atoms with Gasteiger partial charge in [0.15, 0.2) is 15.7 Å². The summed E-state index contributed by atoms with van der Waals surface area (Å²) in [7, 11) is -2.92. The molecule has 0 spiro atoms. The molecule has 7 nitrogen and oxygen atoms in total. The van der Waals surface area contributed by atoms with E-state index in [4.69, 9.17) is 0 Å². The van der Waals surface area contributed by atoms with Crippen LogP contribution in [0.2, 0.25) is 0 Å². The smallest absolute Gasteiger partial charge is 0.225 e. The van der Waals surface area contributed by atoms with Crippen LogP contribution in [0.3, 0.4) is 0 Å². The van der Waals surface area contributed by atoms with Crippen LogP contribution in [-0.2, 0) is 14.6 Å². The number of sulfone groups is 1. The standard InChI is InChI=1S/C13H20N4O3S/c1-2-3-4-13(18)15-12-6-5-11(16-17-12)14-10-7-8-21(19,20)9-10/h5-6,10H,2-4,7-9H2,1H3,(H,14,16)(H,15,17,18). The van der Waals surface area contributed by atoms with Crippen molar-refractivity contribution in [3.05, 3.63) is 12.1 Å². The fourth-order valence-electron chi connectivity index (χ4n) is 2.14. The van der Waals surface area contributed by atoms with Crippen LogP contribution in [0.15, 0.2) is 12.1 Å². The Hall–Kier alpha value is -1.70. The number of amides is 1. The molecule has 1 unspecified atom stereocenters. The third-order valence-electron chi connectivity index (χ3n) is 3.27. The highest BCUT2D eigenvalue weighted by molar-refractivity contribution is 7.91. The molecule has 1 aromatic rings. The lowest BCUT2D eigenvalue weighted by atomic mass is 10.2. The van der Waals surface area contributed by atoms with Crippen LogP contribution in [-0.4, -0.2) is 42.1 Å². The lowest BCUT2D eigenvalue weighted by molar-refractivity contribution is -0.116. The Kier molecular flexibility index (Phi) is 5.11. The van der Waals surface area contributed by atoms with Gasteiger partial charge in [0.1, 0.15) is 5.82 Å². The minimum absolute atomic E-state index is 0.0752. The lowest BCUT2D eigenvalue weighted by Crippen LogP contribution is -2.21. The number of nitrogens with one attached hydrogen (secondary N) is 2. The predicted molar refractivity (Wildman–Crippen MR) is 80.9 cm³/mol. The summed E-state index contributed by atoms with van der Waals surface area (Å²) in [5.41, 5.74) is 0. The highest BCUT2D eigenvalue weighted by Gasteiger charge is 2.27. The molecule has 0 aliphatic carbocycles. The normalized spacial score (nSPS) is 20.1. The molecule has 0 bridgehead atoms. The Morgan fingerprint density at radius 2 is 2.05 bits per heavy atom. The number of carbonyl (C=O) groups is 1. The Balaban J connectivity index is 1.86. The first kappa shape index (κ1) is 15.7. The second-order valence-corrected chi connectivity index (χ2v) is 7.43. The minimum Gasteiger partial charge on any atom is -0.365 e. The Morgan fingerprint density at radius 3 is 2.62 bits per heavy atom. The summed E-state index contributed by atoms with van der Waals surface area (Å²) in [4.78, 5) is 11.5. The first-order valence-corrected chi connectivity index (χ1v) is 8.91. The average Bonchev–Trinajstić information content (AvgIpc) is 2.78. The Bertz CT molecular complexity index is 586. The molecule has 1 aliphatic heterocycles. The molecule has 2 heterocycles. The van der Waals surface area contributed by atoms with E-state index < -0.39 is 9.84 Å². The molecular formula is C13H20N4O3S. The van der Waals surface area contributed by atoms with Crippen molar-refractivity contribution in [3.63, 3.8) is 0 Å². The third-order valence-corrected chi connectivity index (χ3v) is 5.04. The quantitative estimate of drug-likeness (QED) is 0.818. The molecule has 2 rings (SSSR count). The molecule has 0 radical (unpaired) electrons. The average molecular weight is 312 g/mol. The Morgan fingerprint density at radius 1 is 1.33 bits per heavy atom. The summed E-state index contributed by atoms with van der Waals surface area (Å²) >= 11 is 0. The molecule has 1 aromatic heterocycles. The number of hydrogen-bond donors (Lipinski definition) is 2. The van der Waals surface area contributed by atoms with Crippen LogP contribution in [0.1, 0.15) is 32.6 Å². The summed E-state index contributed by atoms with van der Waals surface area (Å²) in [5, 5.41) is 13.6. The molecule has 116 valence electrons. The molecule has 1 amide bonds. The van der Waals surface area contributed by atoms with Gasteiger partial charge in [-0.1, -0.05) is 13.3 Å². The van der Waals surface area contributed by atoms with Crippen LogP contribution in [0, 0.1) is 0 Å². The second-order valence-electron chi connectivity index (χ2n) is 5.20. The van der Waals surface area contributed by atoms with Crippen molar-refractivity contribution in [2.24, 2.45) is 0 Å². The van der Waals surface area contributed by atoms with Crippen LogP contribution >= 0.6 is 0 Å². The van der Waals surface area contributed by atoms with E-state index in [0.717, 1.165) is 12.8 Å². The van der Waals surface area contributed by atoms with E-state index >= 15 is 0 Å². The van der Waals surface area contributed by atoms with Gasteiger partial charge in [0.25, 0.3) is 0 Å². The fraction of sp³-hybridized carbons (Fsp3) is 0.615. The topological polar surface area (TPSA) is 101 Å². The largest absolute Gasteiger partial charge is 0.365 e. The van der Waals surface area contributed by atoms with E-state index in [0.29, 0.717) is 24.5 Å².